The number of hydrogen-bond acceptors (Lipinski definition) is 2. The quantitative estimate of drug-likeness (QED) is 0.216. The van der Waals surface area contributed by atoms with E-state index in [0.29, 0.717) is 5.92 Å². The summed E-state index contributed by atoms with van der Waals surface area (Å²) in [6, 6.07) is 21.3. The van der Waals surface area contributed by atoms with Crippen LogP contribution < -0.4 is 0 Å². The summed E-state index contributed by atoms with van der Waals surface area (Å²) in [7, 11) is 0. The Bertz CT molecular complexity index is 1560. The Hall–Kier alpha value is -3.98. The Morgan fingerprint density at radius 3 is 2.47 bits per heavy atom. The van der Waals surface area contributed by atoms with Crippen LogP contribution in [0.2, 0.25) is 0 Å². The third-order valence-electron chi connectivity index (χ3n) is 7.31. The molecule has 0 bridgehead atoms. The van der Waals surface area contributed by atoms with Crippen LogP contribution in [-0.2, 0) is 6.42 Å². The zero-order valence-corrected chi connectivity index (χ0v) is 21.4. The number of nitrogens with zero attached hydrogens (tertiary/aromatic N) is 2. The van der Waals surface area contributed by atoms with Crippen molar-refractivity contribution in [1.82, 2.24) is 0 Å². The van der Waals surface area contributed by atoms with E-state index in [-0.39, 0.29) is 6.04 Å². The smallest absolute Gasteiger partial charge is 0.202 e. The minimum Gasteiger partial charge on any atom is -0.455 e. The van der Waals surface area contributed by atoms with Gasteiger partial charge >= 0.3 is 0 Å². The second-order valence-corrected chi connectivity index (χ2v) is 9.85. The maximum atomic E-state index is 6.52. The second kappa shape index (κ2) is 9.58. The molecular weight excluding hydrogens is 440 g/mol. The highest BCUT2D eigenvalue weighted by atomic mass is 16.3. The SMILES string of the molecule is C=CC1=NC(=C)C([N+](C=C)=C(C)C)C(C)CCc2ccc3c(oc4ccc(-c5ccccc5)cc43)c21. The molecule has 0 N–H and O–H groups in total. The minimum absolute atomic E-state index is 0.0383. The first-order chi connectivity index (χ1) is 17.4. The van der Waals surface area contributed by atoms with E-state index in [0.717, 1.165) is 51.8 Å². The molecule has 1 aromatic heterocycles. The van der Waals surface area contributed by atoms with Crippen molar-refractivity contribution in [3.63, 3.8) is 0 Å². The molecule has 3 nitrogen and oxygen atoms in total. The first-order valence-electron chi connectivity index (χ1n) is 12.6. The van der Waals surface area contributed by atoms with Gasteiger partial charge in [-0.2, -0.15) is 4.58 Å². The van der Waals surface area contributed by atoms with E-state index in [9.17, 15) is 0 Å². The van der Waals surface area contributed by atoms with Crippen LogP contribution in [0.25, 0.3) is 33.1 Å². The van der Waals surface area contributed by atoms with Crippen molar-refractivity contribution in [3.8, 4) is 11.1 Å². The number of benzene rings is 3. The summed E-state index contributed by atoms with van der Waals surface area (Å²) in [5.41, 5.74) is 9.14. The van der Waals surface area contributed by atoms with Gasteiger partial charge in [0.05, 0.1) is 5.71 Å². The molecule has 0 amide bonds. The Morgan fingerprint density at radius 1 is 1.00 bits per heavy atom. The summed E-state index contributed by atoms with van der Waals surface area (Å²) in [4.78, 5) is 5.07. The largest absolute Gasteiger partial charge is 0.455 e. The minimum atomic E-state index is 0.0383. The summed E-state index contributed by atoms with van der Waals surface area (Å²) >= 11 is 0. The second-order valence-electron chi connectivity index (χ2n) is 9.85. The number of aliphatic imine (C=N–C) groups is 1. The highest BCUT2D eigenvalue weighted by molar-refractivity contribution is 6.20. The van der Waals surface area contributed by atoms with Crippen molar-refractivity contribution in [2.45, 2.75) is 39.7 Å². The monoisotopic (exact) mass is 473 g/mol. The fraction of sp³-hybridized carbons (Fsp3) is 0.212. The van der Waals surface area contributed by atoms with E-state index in [1.807, 2.05) is 18.3 Å². The lowest BCUT2D eigenvalue weighted by Crippen LogP contribution is -2.33. The van der Waals surface area contributed by atoms with Gasteiger partial charge in [0.1, 0.15) is 16.9 Å². The van der Waals surface area contributed by atoms with Crippen LogP contribution >= 0.6 is 0 Å². The van der Waals surface area contributed by atoms with E-state index in [2.05, 4.69) is 99.7 Å². The first-order valence-corrected chi connectivity index (χ1v) is 12.6. The van der Waals surface area contributed by atoms with Gasteiger partial charge in [0.25, 0.3) is 0 Å². The number of rotatable bonds is 4. The molecule has 180 valence electrons. The Balaban J connectivity index is 1.72. The average molecular weight is 474 g/mol. The predicted molar refractivity (Wildman–Crippen MR) is 153 cm³/mol. The van der Waals surface area contributed by atoms with Crippen LogP contribution in [0.4, 0.5) is 0 Å². The standard InChI is InChI=1S/C33H33N2O/c1-7-29-31-25(15-14-22(5)32(23(6)34-29)35(8-2)21(3)4)16-18-27-28-20-26(24-12-10-9-11-13-24)17-19-30(28)36-33(27)31/h7-13,16-20,22,32H,1-2,6,14-15H2,3-5H3/q+1. The topological polar surface area (TPSA) is 28.5 Å². The Kier molecular flexibility index (Phi) is 6.32. The van der Waals surface area contributed by atoms with Crippen molar-refractivity contribution in [2.75, 3.05) is 0 Å². The Morgan fingerprint density at radius 2 is 1.78 bits per heavy atom. The van der Waals surface area contributed by atoms with Crippen LogP contribution in [0.15, 0.2) is 108 Å². The third kappa shape index (κ3) is 4.05. The fourth-order valence-electron chi connectivity index (χ4n) is 5.48. The molecule has 4 aromatic rings. The van der Waals surface area contributed by atoms with E-state index >= 15 is 0 Å². The molecule has 1 aliphatic heterocycles. The van der Waals surface area contributed by atoms with Gasteiger partial charge in [0, 0.05) is 36.1 Å². The maximum Gasteiger partial charge on any atom is 0.202 e. The number of aryl methyl sites for hydroxylation is 1. The molecule has 0 fully saturated rings. The van der Waals surface area contributed by atoms with E-state index in [1.54, 1.807) is 0 Å². The van der Waals surface area contributed by atoms with Crippen molar-refractivity contribution < 1.29 is 8.99 Å². The molecule has 0 saturated carbocycles. The molecule has 36 heavy (non-hydrogen) atoms. The predicted octanol–water partition coefficient (Wildman–Crippen LogP) is 8.33. The summed E-state index contributed by atoms with van der Waals surface area (Å²) in [5, 5.41) is 2.20. The summed E-state index contributed by atoms with van der Waals surface area (Å²) in [6.45, 7) is 19.1. The third-order valence-corrected chi connectivity index (χ3v) is 7.31. The molecule has 0 spiro atoms. The van der Waals surface area contributed by atoms with Gasteiger partial charge in [-0.25, -0.2) is 4.99 Å². The van der Waals surface area contributed by atoms with Crippen molar-refractivity contribution in [1.29, 1.82) is 0 Å². The highest BCUT2D eigenvalue weighted by Gasteiger charge is 2.32. The van der Waals surface area contributed by atoms with Crippen LogP contribution in [0.5, 0.6) is 0 Å². The van der Waals surface area contributed by atoms with Gasteiger partial charge in [-0.15, -0.1) is 0 Å². The van der Waals surface area contributed by atoms with Crippen LogP contribution in [0.1, 0.15) is 38.3 Å². The van der Waals surface area contributed by atoms with Crippen molar-refractivity contribution in [3.05, 3.63) is 110 Å². The maximum absolute atomic E-state index is 6.52. The van der Waals surface area contributed by atoms with E-state index in [4.69, 9.17) is 9.41 Å². The van der Waals surface area contributed by atoms with Crippen LogP contribution in [-0.4, -0.2) is 22.0 Å². The summed E-state index contributed by atoms with van der Waals surface area (Å²) < 4.78 is 8.71. The average Bonchev–Trinajstić information content (AvgIpc) is 3.27. The van der Waals surface area contributed by atoms with Crippen LogP contribution in [0.3, 0.4) is 0 Å². The molecule has 3 aromatic carbocycles. The highest BCUT2D eigenvalue weighted by Crippen LogP contribution is 2.37. The molecule has 2 heterocycles. The molecule has 2 atom stereocenters. The van der Waals surface area contributed by atoms with Gasteiger partial charge in [-0.05, 0) is 54.3 Å². The zero-order chi connectivity index (χ0) is 25.4. The normalized spacial score (nSPS) is 18.1. The lowest BCUT2D eigenvalue weighted by Gasteiger charge is -2.20. The van der Waals surface area contributed by atoms with Gasteiger partial charge in [-0.3, -0.25) is 0 Å². The van der Waals surface area contributed by atoms with Crippen molar-refractivity contribution >= 4 is 33.4 Å². The summed E-state index contributed by atoms with van der Waals surface area (Å²) in [5.74, 6) is 0.339. The van der Waals surface area contributed by atoms with Gasteiger partial charge in [0.2, 0.25) is 6.04 Å². The molecule has 5 rings (SSSR count). The number of fused-ring (bicyclic) bond motifs is 5. The first kappa shape index (κ1) is 23.7. The van der Waals surface area contributed by atoms with E-state index < -0.39 is 0 Å². The number of allylic oxidation sites excluding steroid dienone is 1. The lowest BCUT2D eigenvalue weighted by atomic mass is 9.90. The molecule has 2 unspecified atom stereocenters. The van der Waals surface area contributed by atoms with Gasteiger partial charge < -0.3 is 4.42 Å². The number of furan rings is 1. The zero-order valence-electron chi connectivity index (χ0n) is 21.4. The summed E-state index contributed by atoms with van der Waals surface area (Å²) in [6.07, 6.45) is 5.64. The molecule has 1 aliphatic rings. The molecule has 0 radical (unpaired) electrons. The molecule has 0 aliphatic carbocycles. The Labute approximate surface area is 213 Å². The van der Waals surface area contributed by atoms with Crippen LogP contribution in [0, 0.1) is 5.92 Å². The van der Waals surface area contributed by atoms with E-state index in [1.165, 1.54) is 22.4 Å². The van der Waals surface area contributed by atoms with Gasteiger partial charge in [-0.1, -0.05) is 68.6 Å². The molecule has 0 saturated heterocycles. The van der Waals surface area contributed by atoms with Crippen molar-refractivity contribution in [2.24, 2.45) is 10.9 Å². The number of hydrogen-bond donors (Lipinski definition) is 0. The molecule has 3 heteroatoms. The lowest BCUT2D eigenvalue weighted by molar-refractivity contribution is -0.500. The fourth-order valence-corrected chi connectivity index (χ4v) is 5.48. The van der Waals surface area contributed by atoms with Gasteiger partial charge in [0.15, 0.2) is 11.9 Å². The molecular formula is C33H33N2O+.